The zero-order valence-electron chi connectivity index (χ0n) is 13.3. The third-order valence-electron chi connectivity index (χ3n) is 3.04. The van der Waals surface area contributed by atoms with Crippen LogP contribution in [0.5, 0.6) is 5.75 Å². The standard InChI is InChI=1S/C17H16N2O5S/c1-10(20)18-11-3-2-4-13(7-11)25-9-16(22)19-12-5-6-15(21)14(8-12)17(23)24/h2-8,21H,9H2,1H3,(H,18,20)(H,19,22)(H,23,24). The number of phenols is 1. The summed E-state index contributed by atoms with van der Waals surface area (Å²) in [6, 6.07) is 10.9. The van der Waals surface area contributed by atoms with E-state index in [0.717, 1.165) is 4.90 Å². The molecule has 2 amide bonds. The van der Waals surface area contributed by atoms with Gasteiger partial charge in [0.1, 0.15) is 11.3 Å². The van der Waals surface area contributed by atoms with Crippen LogP contribution in [-0.4, -0.2) is 33.7 Å². The Kier molecular flexibility index (Phi) is 6.02. The molecule has 0 spiro atoms. The Morgan fingerprint density at radius 1 is 1.04 bits per heavy atom. The Hall–Kier alpha value is -3.00. The molecule has 25 heavy (non-hydrogen) atoms. The number of amides is 2. The van der Waals surface area contributed by atoms with Crippen LogP contribution in [0.25, 0.3) is 0 Å². The number of anilines is 2. The average molecular weight is 360 g/mol. The number of hydrogen-bond donors (Lipinski definition) is 4. The fourth-order valence-electron chi connectivity index (χ4n) is 2.00. The molecule has 2 rings (SSSR count). The van der Waals surface area contributed by atoms with Crippen LogP contribution in [0.3, 0.4) is 0 Å². The normalized spacial score (nSPS) is 10.1. The number of carbonyl (C=O) groups excluding carboxylic acids is 2. The summed E-state index contributed by atoms with van der Waals surface area (Å²) in [5.74, 6) is -2.04. The highest BCUT2D eigenvalue weighted by atomic mass is 32.2. The Balaban J connectivity index is 1.96. The molecule has 0 aliphatic heterocycles. The number of benzene rings is 2. The van der Waals surface area contributed by atoms with Gasteiger partial charge >= 0.3 is 5.97 Å². The number of rotatable bonds is 6. The van der Waals surface area contributed by atoms with E-state index in [-0.39, 0.29) is 34.6 Å². The number of carbonyl (C=O) groups is 3. The molecule has 130 valence electrons. The first-order valence-electron chi connectivity index (χ1n) is 7.22. The lowest BCUT2D eigenvalue weighted by Gasteiger charge is -2.08. The molecule has 0 atom stereocenters. The first-order valence-corrected chi connectivity index (χ1v) is 8.20. The summed E-state index contributed by atoms with van der Waals surface area (Å²) in [4.78, 5) is 34.8. The fraction of sp³-hybridized carbons (Fsp3) is 0.118. The molecule has 7 nitrogen and oxygen atoms in total. The van der Waals surface area contributed by atoms with E-state index in [0.29, 0.717) is 5.69 Å². The minimum absolute atomic E-state index is 0.104. The second-order valence-corrected chi connectivity index (χ2v) is 6.13. The van der Waals surface area contributed by atoms with E-state index in [4.69, 9.17) is 5.11 Å². The van der Waals surface area contributed by atoms with Gasteiger partial charge in [0, 0.05) is 23.2 Å². The van der Waals surface area contributed by atoms with Crippen molar-refractivity contribution in [2.75, 3.05) is 16.4 Å². The van der Waals surface area contributed by atoms with Crippen LogP contribution in [0.1, 0.15) is 17.3 Å². The molecule has 4 N–H and O–H groups in total. The zero-order valence-corrected chi connectivity index (χ0v) is 14.1. The van der Waals surface area contributed by atoms with Crippen molar-refractivity contribution in [3.8, 4) is 5.75 Å². The van der Waals surface area contributed by atoms with Crippen molar-refractivity contribution in [2.24, 2.45) is 0 Å². The van der Waals surface area contributed by atoms with Crippen LogP contribution in [0.15, 0.2) is 47.4 Å². The highest BCUT2D eigenvalue weighted by Crippen LogP contribution is 2.24. The van der Waals surface area contributed by atoms with Crippen molar-refractivity contribution in [2.45, 2.75) is 11.8 Å². The number of thioether (sulfide) groups is 1. The molecule has 0 aliphatic rings. The summed E-state index contributed by atoms with van der Waals surface area (Å²) < 4.78 is 0. The van der Waals surface area contributed by atoms with Crippen molar-refractivity contribution in [3.63, 3.8) is 0 Å². The van der Waals surface area contributed by atoms with Crippen molar-refractivity contribution in [3.05, 3.63) is 48.0 Å². The summed E-state index contributed by atoms with van der Waals surface area (Å²) in [6.07, 6.45) is 0. The molecule has 0 unspecified atom stereocenters. The summed E-state index contributed by atoms with van der Waals surface area (Å²) in [5, 5.41) is 23.7. The SMILES string of the molecule is CC(=O)Nc1cccc(SCC(=O)Nc2ccc(O)c(C(=O)O)c2)c1. The molecular weight excluding hydrogens is 344 g/mol. The van der Waals surface area contributed by atoms with E-state index in [9.17, 15) is 19.5 Å². The molecule has 8 heteroatoms. The van der Waals surface area contributed by atoms with Gasteiger partial charge in [-0.25, -0.2) is 4.79 Å². The second kappa shape index (κ2) is 8.20. The number of carboxylic acid groups (broad SMARTS) is 1. The van der Waals surface area contributed by atoms with Gasteiger partial charge in [-0.1, -0.05) is 6.07 Å². The molecular formula is C17H16N2O5S. The van der Waals surface area contributed by atoms with Crippen LogP contribution in [0.2, 0.25) is 0 Å². The number of hydrogen-bond acceptors (Lipinski definition) is 5. The number of carboxylic acids is 1. The lowest BCUT2D eigenvalue weighted by Crippen LogP contribution is -2.14. The van der Waals surface area contributed by atoms with Crippen molar-refractivity contribution in [1.29, 1.82) is 0 Å². The molecule has 0 aliphatic carbocycles. The van der Waals surface area contributed by atoms with E-state index >= 15 is 0 Å². The molecule has 0 radical (unpaired) electrons. The maximum Gasteiger partial charge on any atom is 0.339 e. The molecule has 2 aromatic rings. The van der Waals surface area contributed by atoms with Crippen molar-refractivity contribution < 1.29 is 24.6 Å². The number of nitrogens with one attached hydrogen (secondary N) is 2. The molecule has 0 heterocycles. The molecule has 0 saturated carbocycles. The Morgan fingerprint density at radius 2 is 1.76 bits per heavy atom. The molecule has 0 saturated heterocycles. The van der Waals surface area contributed by atoms with Gasteiger partial charge in [-0.3, -0.25) is 9.59 Å². The predicted octanol–water partition coefficient (Wildman–Crippen LogP) is 2.78. The minimum Gasteiger partial charge on any atom is -0.507 e. The second-order valence-electron chi connectivity index (χ2n) is 5.08. The Morgan fingerprint density at radius 3 is 2.44 bits per heavy atom. The van der Waals surface area contributed by atoms with Gasteiger partial charge in [0.25, 0.3) is 0 Å². The Bertz CT molecular complexity index is 822. The van der Waals surface area contributed by atoms with Crippen LogP contribution in [0, 0.1) is 0 Å². The van der Waals surface area contributed by atoms with Gasteiger partial charge < -0.3 is 20.8 Å². The molecule has 2 aromatic carbocycles. The maximum absolute atomic E-state index is 12.0. The third kappa shape index (κ3) is 5.54. The predicted molar refractivity (Wildman–Crippen MR) is 95.2 cm³/mol. The first kappa shape index (κ1) is 18.3. The van der Waals surface area contributed by atoms with Crippen molar-refractivity contribution >= 4 is 40.9 Å². The van der Waals surface area contributed by atoms with E-state index in [1.165, 1.54) is 36.9 Å². The van der Waals surface area contributed by atoms with E-state index in [2.05, 4.69) is 10.6 Å². The van der Waals surface area contributed by atoms with E-state index < -0.39 is 5.97 Å². The maximum atomic E-state index is 12.0. The quantitative estimate of drug-likeness (QED) is 0.465. The van der Waals surface area contributed by atoms with E-state index in [1.807, 2.05) is 6.07 Å². The van der Waals surface area contributed by atoms with E-state index in [1.54, 1.807) is 18.2 Å². The highest BCUT2D eigenvalue weighted by molar-refractivity contribution is 8.00. The van der Waals surface area contributed by atoms with Crippen molar-refractivity contribution in [1.82, 2.24) is 0 Å². The lowest BCUT2D eigenvalue weighted by atomic mass is 10.2. The summed E-state index contributed by atoms with van der Waals surface area (Å²) in [6.45, 7) is 1.41. The van der Waals surface area contributed by atoms with Gasteiger partial charge in [0.15, 0.2) is 0 Å². The van der Waals surface area contributed by atoms with Crippen LogP contribution in [-0.2, 0) is 9.59 Å². The first-order chi connectivity index (χ1) is 11.8. The zero-order chi connectivity index (χ0) is 18.4. The largest absolute Gasteiger partial charge is 0.507 e. The van der Waals surface area contributed by atoms with Crippen LogP contribution in [0.4, 0.5) is 11.4 Å². The van der Waals surface area contributed by atoms with Gasteiger partial charge in [-0.15, -0.1) is 11.8 Å². The summed E-state index contributed by atoms with van der Waals surface area (Å²) in [5.41, 5.74) is 0.642. The smallest absolute Gasteiger partial charge is 0.339 e. The summed E-state index contributed by atoms with van der Waals surface area (Å²) >= 11 is 1.27. The monoisotopic (exact) mass is 360 g/mol. The minimum atomic E-state index is -1.28. The number of aromatic carboxylic acids is 1. The average Bonchev–Trinajstić information content (AvgIpc) is 2.54. The highest BCUT2D eigenvalue weighted by Gasteiger charge is 2.12. The van der Waals surface area contributed by atoms with Crippen LogP contribution < -0.4 is 10.6 Å². The number of aromatic hydroxyl groups is 1. The van der Waals surface area contributed by atoms with Gasteiger partial charge in [0.2, 0.25) is 11.8 Å². The molecule has 0 bridgehead atoms. The lowest BCUT2D eigenvalue weighted by molar-refractivity contribution is -0.114. The van der Waals surface area contributed by atoms with Gasteiger partial charge in [-0.2, -0.15) is 0 Å². The molecule has 0 aromatic heterocycles. The van der Waals surface area contributed by atoms with Crippen LogP contribution >= 0.6 is 11.8 Å². The topological polar surface area (TPSA) is 116 Å². The van der Waals surface area contributed by atoms with Gasteiger partial charge in [0.05, 0.1) is 5.75 Å². The third-order valence-corrected chi connectivity index (χ3v) is 4.03. The fourth-order valence-corrected chi connectivity index (χ4v) is 2.75. The molecule has 0 fully saturated rings. The Labute approximate surface area is 148 Å². The van der Waals surface area contributed by atoms with Gasteiger partial charge in [-0.05, 0) is 36.4 Å². The summed E-state index contributed by atoms with van der Waals surface area (Å²) in [7, 11) is 0.